The summed E-state index contributed by atoms with van der Waals surface area (Å²) in [4.78, 5) is 32.2. The van der Waals surface area contributed by atoms with Gasteiger partial charge in [-0.2, -0.15) is 4.37 Å². The molecular weight excluding hydrogens is 573 g/mol. The van der Waals surface area contributed by atoms with E-state index in [4.69, 9.17) is 33.9 Å². The van der Waals surface area contributed by atoms with Crippen molar-refractivity contribution in [1.29, 1.82) is 0 Å². The molecule has 0 radical (unpaired) electrons. The highest BCUT2D eigenvalue weighted by Gasteiger charge is 2.30. The van der Waals surface area contributed by atoms with Crippen molar-refractivity contribution >= 4 is 73.8 Å². The molecule has 0 unspecified atom stereocenters. The Morgan fingerprint density at radius 2 is 1.97 bits per heavy atom. The zero-order valence-corrected chi connectivity index (χ0v) is 25.0. The lowest BCUT2D eigenvalue weighted by Gasteiger charge is -2.34. The van der Waals surface area contributed by atoms with E-state index in [-0.39, 0.29) is 32.9 Å². The number of fused-ring (bicyclic) bond motifs is 2. The largest absolute Gasteiger partial charge is 0.343 e. The molecule has 204 valence electrons. The summed E-state index contributed by atoms with van der Waals surface area (Å²) >= 11 is 14.3. The number of amides is 2. The molecule has 0 saturated heterocycles. The van der Waals surface area contributed by atoms with Gasteiger partial charge in [0.25, 0.3) is 11.8 Å². The van der Waals surface area contributed by atoms with Crippen LogP contribution in [0.1, 0.15) is 70.2 Å². The van der Waals surface area contributed by atoms with Gasteiger partial charge in [0, 0.05) is 23.3 Å². The van der Waals surface area contributed by atoms with E-state index in [2.05, 4.69) is 41.8 Å². The summed E-state index contributed by atoms with van der Waals surface area (Å²) in [6.07, 6.45) is 3.12. The number of halogens is 2. The molecule has 3 heterocycles. The Bertz CT molecular complexity index is 1560. The number of nitrogens with two attached hydrogens (primary N) is 1. The fourth-order valence-corrected chi connectivity index (χ4v) is 6.84. The van der Waals surface area contributed by atoms with Gasteiger partial charge in [0.1, 0.15) is 14.2 Å². The van der Waals surface area contributed by atoms with Crippen LogP contribution in [0.15, 0.2) is 36.4 Å². The van der Waals surface area contributed by atoms with Crippen LogP contribution in [0.2, 0.25) is 9.36 Å². The first-order chi connectivity index (χ1) is 18.5. The van der Waals surface area contributed by atoms with E-state index in [1.807, 2.05) is 12.1 Å². The molecule has 4 N–H and O–H groups in total. The molecule has 1 aliphatic rings. The van der Waals surface area contributed by atoms with Gasteiger partial charge in [-0.3, -0.25) is 9.59 Å². The molecule has 0 bridgehead atoms. The molecule has 0 fully saturated rings. The minimum atomic E-state index is -0.470. The smallest absolute Gasteiger partial charge is 0.276 e. The van der Waals surface area contributed by atoms with E-state index in [0.29, 0.717) is 16.5 Å². The third-order valence-electron chi connectivity index (χ3n) is 7.22. The summed E-state index contributed by atoms with van der Waals surface area (Å²) in [7, 11) is 0. The molecule has 0 spiro atoms. The molecule has 1 aliphatic carbocycles. The average molecular weight is 603 g/mol. The first-order valence-corrected chi connectivity index (χ1v) is 15.0. The van der Waals surface area contributed by atoms with Gasteiger partial charge in [-0.05, 0) is 77.5 Å². The highest BCUT2D eigenvalue weighted by Crippen LogP contribution is 2.38. The SMILES string of the molecule is CC(C)(C)[C@@H]1CCc2nc3sc(C(=O)N[C@H](CN)c4cccc(NC(=O)c5nsc(Cl)c5Cl)c4)cc3cc2C1. The summed E-state index contributed by atoms with van der Waals surface area (Å²) < 4.78 is 4.26. The van der Waals surface area contributed by atoms with Gasteiger partial charge in [-0.15, -0.1) is 11.3 Å². The van der Waals surface area contributed by atoms with Gasteiger partial charge in [-0.25, -0.2) is 4.98 Å². The second-order valence-corrected chi connectivity index (χ2v) is 13.6. The number of hydrogen-bond donors (Lipinski definition) is 3. The minimum Gasteiger partial charge on any atom is -0.343 e. The van der Waals surface area contributed by atoms with Crippen molar-refractivity contribution in [2.24, 2.45) is 17.1 Å². The number of carbonyl (C=O) groups is 2. The van der Waals surface area contributed by atoms with E-state index in [0.717, 1.165) is 52.3 Å². The summed E-state index contributed by atoms with van der Waals surface area (Å²) in [6, 6.07) is 10.8. The average Bonchev–Trinajstić information content (AvgIpc) is 3.47. The Labute approximate surface area is 245 Å². The number of benzene rings is 1. The number of rotatable bonds is 6. The number of carbonyl (C=O) groups excluding carboxylic acids is 2. The van der Waals surface area contributed by atoms with E-state index >= 15 is 0 Å². The molecule has 5 rings (SSSR count). The first kappa shape index (κ1) is 28.0. The zero-order chi connectivity index (χ0) is 27.9. The van der Waals surface area contributed by atoms with Crippen molar-refractivity contribution in [2.45, 2.75) is 46.1 Å². The maximum absolute atomic E-state index is 13.3. The van der Waals surface area contributed by atoms with Crippen LogP contribution in [0.5, 0.6) is 0 Å². The van der Waals surface area contributed by atoms with Gasteiger partial charge >= 0.3 is 0 Å². The number of nitrogens with one attached hydrogen (secondary N) is 2. The highest BCUT2D eigenvalue weighted by atomic mass is 35.5. The Hall–Kier alpha value is -2.56. The van der Waals surface area contributed by atoms with E-state index < -0.39 is 11.9 Å². The standard InChI is InChI=1S/C28H29Cl2N5O2S2/c1-28(2,3)17-7-8-19-15(10-17)9-16-12-21(38-27(16)34-19)25(36)33-20(13-31)14-5-4-6-18(11-14)32-26(37)23-22(29)24(30)39-35-23/h4-6,9,11-12,17,20H,7-8,10,13,31H2,1-3H3,(H,32,37)(H,33,36)/t17-,20-/m1/s1. The molecule has 39 heavy (non-hydrogen) atoms. The molecule has 3 aromatic heterocycles. The number of pyridine rings is 1. The minimum absolute atomic E-state index is 0.0646. The van der Waals surface area contributed by atoms with Crippen molar-refractivity contribution < 1.29 is 9.59 Å². The molecule has 1 aromatic carbocycles. The predicted octanol–water partition coefficient (Wildman–Crippen LogP) is 6.89. The topological polar surface area (TPSA) is 110 Å². The summed E-state index contributed by atoms with van der Waals surface area (Å²) in [5, 5.41) is 6.93. The monoisotopic (exact) mass is 601 g/mol. The van der Waals surface area contributed by atoms with Gasteiger partial charge in [-0.1, -0.05) is 56.1 Å². The van der Waals surface area contributed by atoms with Crippen LogP contribution in [0.4, 0.5) is 5.69 Å². The third-order valence-corrected chi connectivity index (χ3v) is 9.88. The summed E-state index contributed by atoms with van der Waals surface area (Å²) in [6.45, 7) is 7.07. The van der Waals surface area contributed by atoms with Crippen LogP contribution in [-0.4, -0.2) is 27.7 Å². The molecule has 2 amide bonds. The highest BCUT2D eigenvalue weighted by molar-refractivity contribution is 7.20. The number of nitrogens with zero attached hydrogens (tertiary/aromatic N) is 2. The lowest BCUT2D eigenvalue weighted by atomic mass is 9.71. The normalized spacial score (nSPS) is 16.1. The first-order valence-electron chi connectivity index (χ1n) is 12.7. The third kappa shape index (κ3) is 5.98. The number of aryl methyl sites for hydroxylation is 1. The zero-order valence-electron chi connectivity index (χ0n) is 21.8. The number of anilines is 1. The molecular formula is C28H29Cl2N5O2S2. The molecule has 2 atom stereocenters. The van der Waals surface area contributed by atoms with Crippen LogP contribution >= 0.6 is 46.1 Å². The fourth-order valence-electron chi connectivity index (χ4n) is 4.91. The van der Waals surface area contributed by atoms with Crippen molar-refractivity contribution in [2.75, 3.05) is 11.9 Å². The molecule has 4 aromatic rings. The second-order valence-electron chi connectivity index (χ2n) is 10.9. The van der Waals surface area contributed by atoms with Crippen molar-refractivity contribution in [1.82, 2.24) is 14.7 Å². The van der Waals surface area contributed by atoms with Gasteiger partial charge in [0.15, 0.2) is 5.69 Å². The number of thiophene rings is 1. The molecule has 11 heteroatoms. The Morgan fingerprint density at radius 3 is 2.67 bits per heavy atom. The van der Waals surface area contributed by atoms with Crippen LogP contribution in [0, 0.1) is 11.3 Å². The lowest BCUT2D eigenvalue weighted by Crippen LogP contribution is -2.33. The van der Waals surface area contributed by atoms with E-state index in [1.165, 1.54) is 16.9 Å². The van der Waals surface area contributed by atoms with Gasteiger partial charge in [0.05, 0.1) is 10.9 Å². The molecule has 0 saturated carbocycles. The van der Waals surface area contributed by atoms with Crippen molar-refractivity contribution in [3.05, 3.63) is 73.1 Å². The number of aromatic nitrogens is 2. The number of hydrogen-bond acceptors (Lipinski definition) is 7. The van der Waals surface area contributed by atoms with Crippen molar-refractivity contribution in [3.63, 3.8) is 0 Å². The maximum Gasteiger partial charge on any atom is 0.276 e. The quantitative estimate of drug-likeness (QED) is 0.223. The van der Waals surface area contributed by atoms with Crippen LogP contribution < -0.4 is 16.4 Å². The molecule has 0 aliphatic heterocycles. The lowest BCUT2D eigenvalue weighted by molar-refractivity contribution is 0.0941. The predicted molar refractivity (Wildman–Crippen MR) is 160 cm³/mol. The van der Waals surface area contributed by atoms with Crippen LogP contribution in [-0.2, 0) is 12.8 Å². The molecule has 7 nitrogen and oxygen atoms in total. The Kier molecular flexibility index (Phi) is 7.99. The second kappa shape index (κ2) is 11.1. The fraction of sp³-hybridized carbons (Fsp3) is 0.357. The van der Waals surface area contributed by atoms with Crippen LogP contribution in [0.3, 0.4) is 0 Å². The van der Waals surface area contributed by atoms with Crippen molar-refractivity contribution in [3.8, 4) is 0 Å². The van der Waals surface area contributed by atoms with Crippen LogP contribution in [0.25, 0.3) is 10.2 Å². The van der Waals surface area contributed by atoms with E-state index in [9.17, 15) is 9.59 Å². The van der Waals surface area contributed by atoms with Gasteiger partial charge in [0.2, 0.25) is 0 Å². The summed E-state index contributed by atoms with van der Waals surface area (Å²) in [5.41, 5.74) is 10.1. The Balaban J connectivity index is 1.31. The maximum atomic E-state index is 13.3. The van der Waals surface area contributed by atoms with Gasteiger partial charge < -0.3 is 16.4 Å². The summed E-state index contributed by atoms with van der Waals surface area (Å²) in [5.74, 6) is -0.0620. The Morgan fingerprint density at radius 1 is 1.18 bits per heavy atom. The van der Waals surface area contributed by atoms with E-state index in [1.54, 1.807) is 18.2 Å².